The second-order valence-corrected chi connectivity index (χ2v) is 3.77. The highest BCUT2D eigenvalue weighted by atomic mass is 16.3. The Hall–Kier alpha value is -1.77. The van der Waals surface area contributed by atoms with Crippen LogP contribution in [0.25, 0.3) is 10.9 Å². The number of aromatic nitrogens is 1. The predicted molar refractivity (Wildman–Crippen MR) is 59.3 cm³/mol. The summed E-state index contributed by atoms with van der Waals surface area (Å²) >= 11 is 0. The molecule has 2 rings (SSSR count). The molecule has 0 radical (unpaired) electrons. The van der Waals surface area contributed by atoms with Crippen molar-refractivity contribution in [3.63, 3.8) is 0 Å². The van der Waals surface area contributed by atoms with Crippen LogP contribution < -0.4 is 0 Å². The third kappa shape index (κ3) is 1.31. The first-order valence-corrected chi connectivity index (χ1v) is 4.81. The minimum atomic E-state index is -0.101. The summed E-state index contributed by atoms with van der Waals surface area (Å²) in [5, 5.41) is 19.8. The van der Waals surface area contributed by atoms with Gasteiger partial charge in [0.1, 0.15) is 0 Å². The van der Waals surface area contributed by atoms with E-state index in [1.165, 1.54) is 6.07 Å². The summed E-state index contributed by atoms with van der Waals surface area (Å²) in [5.74, 6) is -0.184. The van der Waals surface area contributed by atoms with Gasteiger partial charge in [-0.2, -0.15) is 0 Å². The van der Waals surface area contributed by atoms with Crippen LogP contribution in [0.2, 0.25) is 0 Å². The fraction of sp³-hybridized carbons (Fsp3) is 0.250. The van der Waals surface area contributed by atoms with Crippen LogP contribution in [0.1, 0.15) is 16.8 Å². The molecule has 0 atom stereocenters. The highest BCUT2D eigenvalue weighted by Crippen LogP contribution is 2.36. The SMILES string of the molecule is Cc1nc2ccc(O)c(O)c2c(C)c1C. The largest absolute Gasteiger partial charge is 0.504 e. The summed E-state index contributed by atoms with van der Waals surface area (Å²) in [5.41, 5.74) is 3.67. The predicted octanol–water partition coefficient (Wildman–Crippen LogP) is 2.57. The third-order valence-electron chi connectivity index (χ3n) is 2.90. The van der Waals surface area contributed by atoms with Crippen molar-refractivity contribution in [2.24, 2.45) is 0 Å². The molecule has 0 saturated heterocycles. The standard InChI is InChI=1S/C12H13NO2/c1-6-7(2)11-9(13-8(6)3)4-5-10(14)12(11)15/h4-5,14-15H,1-3H3. The average molecular weight is 203 g/mol. The third-order valence-corrected chi connectivity index (χ3v) is 2.90. The Labute approximate surface area is 88.0 Å². The van der Waals surface area contributed by atoms with Crippen molar-refractivity contribution < 1.29 is 10.2 Å². The number of aryl methyl sites for hydroxylation is 2. The van der Waals surface area contributed by atoms with Gasteiger partial charge in [-0.3, -0.25) is 4.98 Å². The number of hydrogen-bond acceptors (Lipinski definition) is 3. The van der Waals surface area contributed by atoms with Crippen molar-refractivity contribution in [2.45, 2.75) is 20.8 Å². The van der Waals surface area contributed by atoms with Gasteiger partial charge in [0, 0.05) is 11.1 Å². The van der Waals surface area contributed by atoms with E-state index in [1.807, 2.05) is 20.8 Å². The summed E-state index contributed by atoms with van der Waals surface area (Å²) in [6.45, 7) is 5.82. The van der Waals surface area contributed by atoms with Gasteiger partial charge in [-0.15, -0.1) is 0 Å². The maximum Gasteiger partial charge on any atom is 0.167 e. The van der Waals surface area contributed by atoms with Gasteiger partial charge in [0.15, 0.2) is 11.5 Å². The van der Waals surface area contributed by atoms with Crippen LogP contribution in [-0.4, -0.2) is 15.2 Å². The molecule has 3 nitrogen and oxygen atoms in total. The molecule has 0 aliphatic rings. The van der Waals surface area contributed by atoms with E-state index in [2.05, 4.69) is 4.98 Å². The minimum absolute atomic E-state index is 0.0828. The molecule has 0 amide bonds. The quantitative estimate of drug-likeness (QED) is 0.647. The molecule has 0 aliphatic carbocycles. The maximum atomic E-state index is 9.76. The fourth-order valence-corrected chi connectivity index (χ4v) is 1.76. The monoisotopic (exact) mass is 203 g/mol. The summed E-state index contributed by atoms with van der Waals surface area (Å²) in [6.07, 6.45) is 0. The van der Waals surface area contributed by atoms with Gasteiger partial charge in [0.2, 0.25) is 0 Å². The van der Waals surface area contributed by atoms with Crippen LogP contribution >= 0.6 is 0 Å². The van der Waals surface area contributed by atoms with Crippen LogP contribution in [0.15, 0.2) is 12.1 Å². The average Bonchev–Trinajstić information content (AvgIpc) is 2.20. The Kier molecular flexibility index (Phi) is 2.03. The van der Waals surface area contributed by atoms with E-state index in [-0.39, 0.29) is 11.5 Å². The summed E-state index contributed by atoms with van der Waals surface area (Å²) in [6, 6.07) is 3.17. The van der Waals surface area contributed by atoms with Crippen LogP contribution in [0, 0.1) is 20.8 Å². The second-order valence-electron chi connectivity index (χ2n) is 3.77. The number of aromatic hydroxyl groups is 2. The van der Waals surface area contributed by atoms with Crippen molar-refractivity contribution in [2.75, 3.05) is 0 Å². The zero-order valence-electron chi connectivity index (χ0n) is 9.00. The number of phenolic OH excluding ortho intramolecular Hbond substituents is 2. The maximum absolute atomic E-state index is 9.76. The molecule has 0 bridgehead atoms. The Bertz CT molecular complexity index is 547. The van der Waals surface area contributed by atoms with Crippen molar-refractivity contribution in [3.8, 4) is 11.5 Å². The number of rotatable bonds is 0. The zero-order chi connectivity index (χ0) is 11.2. The lowest BCUT2D eigenvalue weighted by atomic mass is 10.0. The molecule has 2 aromatic rings. The van der Waals surface area contributed by atoms with Crippen LogP contribution in [0.5, 0.6) is 11.5 Å². The number of benzene rings is 1. The molecule has 1 aromatic heterocycles. The van der Waals surface area contributed by atoms with Gasteiger partial charge in [0.25, 0.3) is 0 Å². The molecule has 3 heteroatoms. The molecule has 78 valence electrons. The van der Waals surface area contributed by atoms with Gasteiger partial charge in [0.05, 0.1) is 5.52 Å². The summed E-state index contributed by atoms with van der Waals surface area (Å²) in [4.78, 5) is 4.37. The van der Waals surface area contributed by atoms with E-state index in [4.69, 9.17) is 0 Å². The van der Waals surface area contributed by atoms with E-state index in [0.29, 0.717) is 10.9 Å². The number of pyridine rings is 1. The fourth-order valence-electron chi connectivity index (χ4n) is 1.76. The molecule has 0 spiro atoms. The van der Waals surface area contributed by atoms with Gasteiger partial charge < -0.3 is 10.2 Å². The second kappa shape index (κ2) is 3.12. The Morgan fingerprint density at radius 3 is 2.33 bits per heavy atom. The summed E-state index contributed by atoms with van der Waals surface area (Å²) < 4.78 is 0. The van der Waals surface area contributed by atoms with Crippen molar-refractivity contribution in [1.29, 1.82) is 0 Å². The molecule has 0 fully saturated rings. The van der Waals surface area contributed by atoms with Crippen LogP contribution in [0.4, 0.5) is 0 Å². The highest BCUT2D eigenvalue weighted by molar-refractivity contribution is 5.91. The topological polar surface area (TPSA) is 53.4 Å². The molecule has 2 N–H and O–H groups in total. The molecule has 0 unspecified atom stereocenters. The summed E-state index contributed by atoms with van der Waals surface area (Å²) in [7, 11) is 0. The Morgan fingerprint density at radius 2 is 1.67 bits per heavy atom. The lowest BCUT2D eigenvalue weighted by Gasteiger charge is -2.10. The van der Waals surface area contributed by atoms with E-state index >= 15 is 0 Å². The number of hydrogen-bond donors (Lipinski definition) is 2. The van der Waals surface area contributed by atoms with Gasteiger partial charge in [-0.25, -0.2) is 0 Å². The molecular weight excluding hydrogens is 190 g/mol. The van der Waals surface area contributed by atoms with E-state index < -0.39 is 0 Å². The first-order valence-electron chi connectivity index (χ1n) is 4.81. The van der Waals surface area contributed by atoms with Crippen LogP contribution in [-0.2, 0) is 0 Å². The van der Waals surface area contributed by atoms with Gasteiger partial charge in [-0.1, -0.05) is 0 Å². The van der Waals surface area contributed by atoms with Crippen LogP contribution in [0.3, 0.4) is 0 Å². The van der Waals surface area contributed by atoms with E-state index in [1.54, 1.807) is 6.07 Å². The first kappa shape index (κ1) is 9.77. The van der Waals surface area contributed by atoms with Gasteiger partial charge in [-0.05, 0) is 44.0 Å². The van der Waals surface area contributed by atoms with E-state index in [9.17, 15) is 10.2 Å². The Balaban J connectivity index is 3.00. The smallest absolute Gasteiger partial charge is 0.167 e. The molecular formula is C12H13NO2. The molecule has 1 heterocycles. The van der Waals surface area contributed by atoms with E-state index in [0.717, 1.165) is 16.8 Å². The van der Waals surface area contributed by atoms with Crippen molar-refractivity contribution >= 4 is 10.9 Å². The molecule has 0 saturated carbocycles. The van der Waals surface area contributed by atoms with Gasteiger partial charge >= 0.3 is 0 Å². The lowest BCUT2D eigenvalue weighted by molar-refractivity contribution is 0.408. The Morgan fingerprint density at radius 1 is 1.00 bits per heavy atom. The highest BCUT2D eigenvalue weighted by Gasteiger charge is 2.11. The molecule has 1 aromatic carbocycles. The van der Waals surface area contributed by atoms with Crippen molar-refractivity contribution in [3.05, 3.63) is 29.0 Å². The molecule has 0 aliphatic heterocycles. The molecule has 15 heavy (non-hydrogen) atoms. The number of fused-ring (bicyclic) bond motifs is 1. The minimum Gasteiger partial charge on any atom is -0.504 e. The zero-order valence-corrected chi connectivity index (χ0v) is 9.00. The number of nitrogens with zero attached hydrogens (tertiary/aromatic N) is 1. The number of phenols is 2. The lowest BCUT2D eigenvalue weighted by Crippen LogP contribution is -1.93. The first-order chi connectivity index (χ1) is 7.02. The van der Waals surface area contributed by atoms with Crippen molar-refractivity contribution in [1.82, 2.24) is 4.98 Å². The normalized spacial score (nSPS) is 10.9.